The zero-order chi connectivity index (χ0) is 23.2. The maximum absolute atomic E-state index is 12.0. The third kappa shape index (κ3) is 4.80. The number of anilines is 2. The average Bonchev–Trinajstić information content (AvgIpc) is 2.86. The van der Waals surface area contributed by atoms with Gasteiger partial charge in [0, 0.05) is 39.3 Å². The second-order valence-electron chi connectivity index (χ2n) is 8.05. The van der Waals surface area contributed by atoms with Crippen molar-refractivity contribution < 1.29 is 4.92 Å². The van der Waals surface area contributed by atoms with Gasteiger partial charge < -0.3 is 9.80 Å². The second-order valence-corrected chi connectivity index (χ2v) is 8.05. The van der Waals surface area contributed by atoms with Gasteiger partial charge in [0.15, 0.2) is 0 Å². The van der Waals surface area contributed by atoms with E-state index in [1.807, 2.05) is 35.8 Å². The van der Waals surface area contributed by atoms with Gasteiger partial charge in [-0.1, -0.05) is 60.7 Å². The first-order chi connectivity index (χ1) is 16.1. The molecule has 8 nitrogen and oxygen atoms in total. The Hall–Kier alpha value is -3.52. The highest BCUT2D eigenvalue weighted by atomic mass is 16.6. The van der Waals surface area contributed by atoms with Crippen LogP contribution in [0.1, 0.15) is 31.0 Å². The summed E-state index contributed by atoms with van der Waals surface area (Å²) in [7, 11) is 0. The van der Waals surface area contributed by atoms with Gasteiger partial charge in [-0.25, -0.2) is 9.97 Å². The molecule has 0 bridgehead atoms. The van der Waals surface area contributed by atoms with E-state index < -0.39 is 0 Å². The highest BCUT2D eigenvalue weighted by Gasteiger charge is 2.33. The van der Waals surface area contributed by atoms with E-state index in [-0.39, 0.29) is 16.7 Å². The van der Waals surface area contributed by atoms with Crippen LogP contribution in [0.2, 0.25) is 0 Å². The van der Waals surface area contributed by atoms with Crippen molar-refractivity contribution in [2.75, 3.05) is 49.1 Å². The van der Waals surface area contributed by atoms with Gasteiger partial charge in [-0.05, 0) is 25.0 Å². The summed E-state index contributed by atoms with van der Waals surface area (Å²) in [6.45, 7) is 8.11. The lowest BCUT2D eigenvalue weighted by atomic mass is 9.96. The molecule has 0 saturated carbocycles. The summed E-state index contributed by atoms with van der Waals surface area (Å²) in [5.41, 5.74) is 2.49. The van der Waals surface area contributed by atoms with Gasteiger partial charge in [0.05, 0.1) is 11.0 Å². The monoisotopic (exact) mass is 446 g/mol. The van der Waals surface area contributed by atoms with Crippen molar-refractivity contribution in [2.24, 2.45) is 0 Å². The number of piperazine rings is 1. The molecule has 33 heavy (non-hydrogen) atoms. The normalized spacial score (nSPS) is 14.5. The summed E-state index contributed by atoms with van der Waals surface area (Å²) >= 11 is 0. The fourth-order valence-corrected chi connectivity index (χ4v) is 4.59. The van der Waals surface area contributed by atoms with E-state index in [0.717, 1.165) is 13.1 Å². The second kappa shape index (κ2) is 10.4. The zero-order valence-electron chi connectivity index (χ0n) is 19.2. The molecule has 8 heteroatoms. The topological polar surface area (TPSA) is 78.6 Å². The fraction of sp³-hybridized carbons (Fsp3) is 0.360. The fourth-order valence-electron chi connectivity index (χ4n) is 4.59. The molecule has 1 saturated heterocycles. The highest BCUT2D eigenvalue weighted by Crippen LogP contribution is 2.36. The highest BCUT2D eigenvalue weighted by molar-refractivity contribution is 5.71. The molecular weight excluding hydrogens is 416 g/mol. The molecule has 0 spiro atoms. The lowest BCUT2D eigenvalue weighted by Crippen LogP contribution is -2.48. The molecule has 1 aliphatic rings. The number of aromatic nitrogens is 2. The van der Waals surface area contributed by atoms with E-state index in [2.05, 4.69) is 63.4 Å². The van der Waals surface area contributed by atoms with E-state index in [1.54, 1.807) is 0 Å². The van der Waals surface area contributed by atoms with Crippen LogP contribution >= 0.6 is 0 Å². The summed E-state index contributed by atoms with van der Waals surface area (Å²) in [5.74, 6) is 0.802. The van der Waals surface area contributed by atoms with Crippen LogP contribution in [0.4, 0.5) is 17.3 Å². The molecule has 0 amide bonds. The molecule has 4 rings (SSSR count). The number of nitrogens with zero attached hydrogens (tertiary/aromatic N) is 6. The summed E-state index contributed by atoms with van der Waals surface area (Å²) in [4.78, 5) is 26.7. The van der Waals surface area contributed by atoms with Crippen LogP contribution in [0.25, 0.3) is 0 Å². The third-order valence-electron chi connectivity index (χ3n) is 6.24. The molecule has 0 unspecified atom stereocenters. The van der Waals surface area contributed by atoms with Crippen LogP contribution < -0.4 is 9.80 Å². The Labute approximate surface area is 194 Å². The maximum atomic E-state index is 12.0. The minimum absolute atomic E-state index is 0.00248. The Kier molecular flexibility index (Phi) is 7.14. The molecule has 1 aromatic heterocycles. The quantitative estimate of drug-likeness (QED) is 0.380. The Morgan fingerprint density at radius 3 is 1.94 bits per heavy atom. The molecule has 2 heterocycles. The minimum atomic E-state index is -0.341. The molecule has 1 aliphatic heterocycles. The largest absolute Gasteiger partial charge is 0.353 e. The van der Waals surface area contributed by atoms with Crippen molar-refractivity contribution >= 4 is 17.3 Å². The maximum Gasteiger partial charge on any atom is 0.353 e. The van der Waals surface area contributed by atoms with E-state index >= 15 is 0 Å². The van der Waals surface area contributed by atoms with Crippen LogP contribution in [0.3, 0.4) is 0 Å². The van der Waals surface area contributed by atoms with Crippen molar-refractivity contribution in [3.63, 3.8) is 0 Å². The van der Waals surface area contributed by atoms with Gasteiger partial charge >= 0.3 is 5.69 Å². The Bertz CT molecular complexity index is 1010. The summed E-state index contributed by atoms with van der Waals surface area (Å²) < 4.78 is 0. The van der Waals surface area contributed by atoms with Gasteiger partial charge in [-0.3, -0.25) is 15.0 Å². The third-order valence-corrected chi connectivity index (χ3v) is 6.24. The van der Waals surface area contributed by atoms with E-state index in [0.29, 0.717) is 37.8 Å². The zero-order valence-corrected chi connectivity index (χ0v) is 19.2. The number of benzene rings is 2. The van der Waals surface area contributed by atoms with Crippen LogP contribution in [-0.2, 0) is 0 Å². The van der Waals surface area contributed by atoms with E-state index in [4.69, 9.17) is 0 Å². The first kappa shape index (κ1) is 22.7. The standard InChI is InChI=1S/C25H30N6O2/c1-3-28(4-2)24-23(31(32)33)25(27-19-26-24)30-17-15-29(16-18-30)22(20-11-7-5-8-12-20)21-13-9-6-10-14-21/h5-14,19,22H,3-4,15-18H2,1-2H3. The van der Waals surface area contributed by atoms with E-state index in [1.165, 1.54) is 17.5 Å². The smallest absolute Gasteiger partial charge is 0.351 e. The number of hydrogen-bond donors (Lipinski definition) is 0. The van der Waals surface area contributed by atoms with Crippen molar-refractivity contribution in [3.05, 3.63) is 88.2 Å². The Morgan fingerprint density at radius 1 is 0.909 bits per heavy atom. The van der Waals surface area contributed by atoms with Gasteiger partial charge in [0.2, 0.25) is 11.6 Å². The Balaban J connectivity index is 1.60. The van der Waals surface area contributed by atoms with Gasteiger partial charge in [-0.15, -0.1) is 0 Å². The number of rotatable bonds is 8. The molecular formula is C25H30N6O2. The lowest BCUT2D eigenvalue weighted by Gasteiger charge is -2.40. The van der Waals surface area contributed by atoms with Gasteiger partial charge in [-0.2, -0.15) is 0 Å². The predicted molar refractivity (Wildman–Crippen MR) is 131 cm³/mol. The van der Waals surface area contributed by atoms with Crippen molar-refractivity contribution in [1.82, 2.24) is 14.9 Å². The SMILES string of the molecule is CCN(CC)c1ncnc(N2CCN(C(c3ccccc3)c3ccccc3)CC2)c1[N+](=O)[O-]. The average molecular weight is 447 g/mol. The number of hydrogen-bond acceptors (Lipinski definition) is 7. The molecule has 0 N–H and O–H groups in total. The summed E-state index contributed by atoms with van der Waals surface area (Å²) in [6, 6.07) is 21.1. The van der Waals surface area contributed by atoms with Gasteiger partial charge in [0.25, 0.3) is 0 Å². The molecule has 3 aromatic rings. The first-order valence-corrected chi connectivity index (χ1v) is 11.5. The summed E-state index contributed by atoms with van der Waals surface area (Å²) in [6.07, 6.45) is 1.44. The van der Waals surface area contributed by atoms with Crippen molar-refractivity contribution in [3.8, 4) is 0 Å². The first-order valence-electron chi connectivity index (χ1n) is 11.5. The molecule has 2 aromatic carbocycles. The lowest BCUT2D eigenvalue weighted by molar-refractivity contribution is -0.383. The predicted octanol–water partition coefficient (Wildman–Crippen LogP) is 4.14. The van der Waals surface area contributed by atoms with Crippen molar-refractivity contribution in [1.29, 1.82) is 0 Å². The van der Waals surface area contributed by atoms with Crippen LogP contribution in [0.5, 0.6) is 0 Å². The molecule has 172 valence electrons. The van der Waals surface area contributed by atoms with Crippen LogP contribution in [-0.4, -0.2) is 59.1 Å². The molecule has 0 aliphatic carbocycles. The Morgan fingerprint density at radius 2 is 1.45 bits per heavy atom. The van der Waals surface area contributed by atoms with Crippen LogP contribution in [0.15, 0.2) is 67.0 Å². The van der Waals surface area contributed by atoms with Crippen molar-refractivity contribution in [2.45, 2.75) is 19.9 Å². The summed E-state index contributed by atoms with van der Waals surface area (Å²) in [5, 5.41) is 12.0. The number of nitro groups is 1. The van der Waals surface area contributed by atoms with Gasteiger partial charge in [0.1, 0.15) is 6.33 Å². The van der Waals surface area contributed by atoms with Crippen LogP contribution in [0, 0.1) is 10.1 Å². The molecule has 0 atom stereocenters. The molecule has 0 radical (unpaired) electrons. The molecule has 1 fully saturated rings. The van der Waals surface area contributed by atoms with E-state index in [9.17, 15) is 10.1 Å². The minimum Gasteiger partial charge on any atom is -0.351 e.